The van der Waals surface area contributed by atoms with Crippen LogP contribution in [-0.2, 0) is 0 Å². The summed E-state index contributed by atoms with van der Waals surface area (Å²) in [5.74, 6) is 0. The summed E-state index contributed by atoms with van der Waals surface area (Å²) in [4.78, 5) is 7.97. The van der Waals surface area contributed by atoms with Crippen molar-refractivity contribution in [2.45, 2.75) is 26.3 Å². The molecule has 1 aromatic carbocycles. The van der Waals surface area contributed by atoms with Crippen molar-refractivity contribution in [1.29, 1.82) is 0 Å². The molecule has 0 bridgehead atoms. The average molecular weight is 243 g/mol. The largest absolute Gasteiger partial charge is 0.288 e. The first-order chi connectivity index (χ1) is 8.48. The summed E-state index contributed by atoms with van der Waals surface area (Å²) >= 11 is 0. The van der Waals surface area contributed by atoms with Gasteiger partial charge in [-0.2, -0.15) is 0 Å². The molecule has 2 rings (SSSR count). The highest BCUT2D eigenvalue weighted by Crippen LogP contribution is 2.25. The molecular formula is C14H17N3O. The molecule has 0 aliphatic rings. The van der Waals surface area contributed by atoms with E-state index in [9.17, 15) is 5.21 Å². The van der Waals surface area contributed by atoms with Crippen LogP contribution in [0.15, 0.2) is 43.0 Å². The van der Waals surface area contributed by atoms with Gasteiger partial charge < -0.3 is 0 Å². The molecule has 0 radical (unpaired) electrons. The van der Waals surface area contributed by atoms with Gasteiger partial charge in [0.25, 0.3) is 0 Å². The molecule has 1 aromatic heterocycles. The van der Waals surface area contributed by atoms with Gasteiger partial charge in [-0.1, -0.05) is 12.1 Å². The van der Waals surface area contributed by atoms with Crippen LogP contribution in [0.1, 0.15) is 20.8 Å². The predicted octanol–water partition coefficient (Wildman–Crippen LogP) is 3.14. The van der Waals surface area contributed by atoms with E-state index in [0.29, 0.717) is 0 Å². The van der Waals surface area contributed by atoms with Crippen molar-refractivity contribution in [1.82, 2.24) is 9.97 Å². The molecule has 94 valence electrons. The number of anilines is 1. The minimum absolute atomic E-state index is 0.322. The number of hydrogen-bond acceptors (Lipinski definition) is 4. The van der Waals surface area contributed by atoms with Gasteiger partial charge in [0.05, 0.1) is 11.2 Å². The van der Waals surface area contributed by atoms with Crippen LogP contribution in [0.4, 0.5) is 5.69 Å². The zero-order valence-electron chi connectivity index (χ0n) is 10.8. The topological polar surface area (TPSA) is 49.2 Å². The molecule has 0 fully saturated rings. The molecule has 4 heteroatoms. The Balaban J connectivity index is 2.26. The molecule has 1 N–H and O–H groups in total. The Bertz CT molecular complexity index is 503. The van der Waals surface area contributed by atoms with E-state index in [4.69, 9.17) is 0 Å². The fourth-order valence-electron chi connectivity index (χ4n) is 1.63. The molecule has 0 unspecified atom stereocenters. The van der Waals surface area contributed by atoms with Gasteiger partial charge in [-0.05, 0) is 38.5 Å². The Morgan fingerprint density at radius 1 is 0.944 bits per heavy atom. The Morgan fingerprint density at radius 3 is 2.00 bits per heavy atom. The number of hydroxylamine groups is 1. The second-order valence-electron chi connectivity index (χ2n) is 5.16. The van der Waals surface area contributed by atoms with Crippen LogP contribution in [0.2, 0.25) is 0 Å². The van der Waals surface area contributed by atoms with Crippen molar-refractivity contribution in [3.8, 4) is 11.1 Å². The standard InChI is InChI=1S/C14H17N3O/c1-14(2,3)17(18)13-6-4-11(5-7-13)12-8-15-10-16-9-12/h4-10,18H,1-3H3. The molecule has 0 saturated carbocycles. The monoisotopic (exact) mass is 243 g/mol. The fraction of sp³-hybridized carbons (Fsp3) is 0.286. The number of hydrogen-bond donors (Lipinski definition) is 1. The third kappa shape index (κ3) is 2.65. The summed E-state index contributed by atoms with van der Waals surface area (Å²) in [5, 5.41) is 11.3. The lowest BCUT2D eigenvalue weighted by Crippen LogP contribution is -2.38. The number of rotatable bonds is 2. The second-order valence-corrected chi connectivity index (χ2v) is 5.16. The van der Waals surface area contributed by atoms with Crippen LogP contribution in [0, 0.1) is 0 Å². The van der Waals surface area contributed by atoms with E-state index in [1.807, 2.05) is 45.0 Å². The van der Waals surface area contributed by atoms with Crippen LogP contribution in [0.25, 0.3) is 11.1 Å². The average Bonchev–Trinajstić information content (AvgIpc) is 2.38. The van der Waals surface area contributed by atoms with E-state index in [0.717, 1.165) is 16.8 Å². The third-order valence-corrected chi connectivity index (χ3v) is 2.64. The maximum absolute atomic E-state index is 10.0. The molecule has 0 spiro atoms. The van der Waals surface area contributed by atoms with Gasteiger partial charge in [0, 0.05) is 18.0 Å². The number of benzene rings is 1. The quantitative estimate of drug-likeness (QED) is 0.823. The molecular weight excluding hydrogens is 226 g/mol. The van der Waals surface area contributed by atoms with Gasteiger partial charge in [0.15, 0.2) is 0 Å². The van der Waals surface area contributed by atoms with Crippen molar-refractivity contribution in [3.63, 3.8) is 0 Å². The molecule has 0 saturated heterocycles. The van der Waals surface area contributed by atoms with Crippen molar-refractivity contribution >= 4 is 5.69 Å². The maximum Gasteiger partial charge on any atom is 0.115 e. The van der Waals surface area contributed by atoms with E-state index in [1.54, 1.807) is 12.4 Å². The van der Waals surface area contributed by atoms with Gasteiger partial charge in [-0.15, -0.1) is 0 Å². The third-order valence-electron chi connectivity index (χ3n) is 2.64. The highest BCUT2D eigenvalue weighted by Gasteiger charge is 2.19. The van der Waals surface area contributed by atoms with E-state index in [-0.39, 0.29) is 5.54 Å². The highest BCUT2D eigenvalue weighted by molar-refractivity contribution is 5.64. The zero-order valence-corrected chi connectivity index (χ0v) is 10.8. The summed E-state index contributed by atoms with van der Waals surface area (Å²) in [6, 6.07) is 7.66. The molecule has 2 aromatic rings. The first kappa shape index (κ1) is 12.5. The lowest BCUT2D eigenvalue weighted by molar-refractivity contribution is 0.181. The molecule has 4 nitrogen and oxygen atoms in total. The van der Waals surface area contributed by atoms with Crippen molar-refractivity contribution in [3.05, 3.63) is 43.0 Å². The van der Waals surface area contributed by atoms with E-state index in [2.05, 4.69) is 9.97 Å². The summed E-state index contributed by atoms with van der Waals surface area (Å²) in [6.07, 6.45) is 5.04. The summed E-state index contributed by atoms with van der Waals surface area (Å²) in [7, 11) is 0. The van der Waals surface area contributed by atoms with Crippen LogP contribution in [0.5, 0.6) is 0 Å². The number of nitrogens with zero attached hydrogens (tertiary/aromatic N) is 3. The summed E-state index contributed by atoms with van der Waals surface area (Å²) < 4.78 is 0. The van der Waals surface area contributed by atoms with Gasteiger partial charge in [-0.3, -0.25) is 10.3 Å². The van der Waals surface area contributed by atoms with Gasteiger partial charge in [0.2, 0.25) is 0 Å². The second kappa shape index (κ2) is 4.74. The Hall–Kier alpha value is -1.94. The highest BCUT2D eigenvalue weighted by atomic mass is 16.5. The Kier molecular flexibility index (Phi) is 3.30. The van der Waals surface area contributed by atoms with E-state index >= 15 is 0 Å². The fourth-order valence-corrected chi connectivity index (χ4v) is 1.63. The van der Waals surface area contributed by atoms with Crippen LogP contribution in [0.3, 0.4) is 0 Å². The summed E-state index contributed by atoms with van der Waals surface area (Å²) in [5.41, 5.74) is 2.44. The first-order valence-electron chi connectivity index (χ1n) is 5.83. The molecule has 0 aliphatic heterocycles. The minimum atomic E-state index is -0.322. The molecule has 0 aliphatic carbocycles. The Labute approximate surface area is 107 Å². The van der Waals surface area contributed by atoms with Crippen molar-refractivity contribution in [2.24, 2.45) is 0 Å². The lowest BCUT2D eigenvalue weighted by Gasteiger charge is -2.31. The molecule has 18 heavy (non-hydrogen) atoms. The normalized spacial score (nSPS) is 11.3. The lowest BCUT2D eigenvalue weighted by atomic mass is 10.1. The van der Waals surface area contributed by atoms with Crippen LogP contribution in [-0.4, -0.2) is 20.7 Å². The molecule has 0 atom stereocenters. The SMILES string of the molecule is CC(C)(C)N(O)c1ccc(-c2cncnc2)cc1. The van der Waals surface area contributed by atoms with Crippen LogP contribution < -0.4 is 5.06 Å². The van der Waals surface area contributed by atoms with E-state index < -0.39 is 0 Å². The van der Waals surface area contributed by atoms with Gasteiger partial charge >= 0.3 is 0 Å². The van der Waals surface area contributed by atoms with Crippen molar-refractivity contribution < 1.29 is 5.21 Å². The minimum Gasteiger partial charge on any atom is -0.288 e. The summed E-state index contributed by atoms with van der Waals surface area (Å²) in [6.45, 7) is 5.85. The van der Waals surface area contributed by atoms with Gasteiger partial charge in [-0.25, -0.2) is 9.97 Å². The molecule has 0 amide bonds. The Morgan fingerprint density at radius 2 is 1.50 bits per heavy atom. The number of aromatic nitrogens is 2. The van der Waals surface area contributed by atoms with Crippen LogP contribution >= 0.6 is 0 Å². The van der Waals surface area contributed by atoms with E-state index in [1.165, 1.54) is 11.4 Å². The smallest absolute Gasteiger partial charge is 0.115 e. The van der Waals surface area contributed by atoms with Gasteiger partial charge in [0.1, 0.15) is 6.33 Å². The molecule has 1 heterocycles. The van der Waals surface area contributed by atoms with Crippen molar-refractivity contribution in [2.75, 3.05) is 5.06 Å². The first-order valence-corrected chi connectivity index (χ1v) is 5.83. The predicted molar refractivity (Wildman–Crippen MR) is 71.5 cm³/mol. The zero-order chi connectivity index (χ0) is 13.2. The maximum atomic E-state index is 10.0.